The van der Waals surface area contributed by atoms with Gasteiger partial charge in [-0.1, -0.05) is 6.92 Å². The molecule has 0 unspecified atom stereocenters. The molecule has 1 aromatic heterocycles. The van der Waals surface area contributed by atoms with Gasteiger partial charge in [0.25, 0.3) is 0 Å². The van der Waals surface area contributed by atoms with E-state index >= 15 is 0 Å². The molecule has 0 aromatic carbocycles. The van der Waals surface area contributed by atoms with E-state index in [0.29, 0.717) is 12.3 Å². The summed E-state index contributed by atoms with van der Waals surface area (Å²) in [7, 11) is 1.56. The average Bonchev–Trinajstić information content (AvgIpc) is 2.32. The highest BCUT2D eigenvalue weighted by atomic mass is 32.1. The normalized spacial score (nSPS) is 8.69. The standard InChI is InChI=1S/C5H6N2O.C5H10O2S/c1-8-5-4-6-2-3-7-5;1-2-3-5(6)7-4-8/h2-4H,1H3;8H,2-4H2,1H3. The first-order chi connectivity index (χ1) is 7.74. The Labute approximate surface area is 101 Å². The highest BCUT2D eigenvalue weighted by Gasteiger charge is 1.95. The average molecular weight is 244 g/mol. The molecule has 1 rings (SSSR count). The van der Waals surface area contributed by atoms with Crippen LogP contribution in [0.2, 0.25) is 0 Å². The molecular weight excluding hydrogens is 228 g/mol. The van der Waals surface area contributed by atoms with Crippen LogP contribution >= 0.6 is 12.6 Å². The zero-order valence-corrected chi connectivity index (χ0v) is 10.3. The van der Waals surface area contributed by atoms with Gasteiger partial charge in [-0.25, -0.2) is 4.98 Å². The maximum atomic E-state index is 10.4. The van der Waals surface area contributed by atoms with Gasteiger partial charge in [0.2, 0.25) is 5.88 Å². The fourth-order valence-corrected chi connectivity index (χ4v) is 0.883. The lowest BCUT2D eigenvalue weighted by Crippen LogP contribution is -2.00. The molecule has 0 spiro atoms. The SMILES string of the molecule is CCCC(=O)OCS.COc1cnccn1. The predicted molar refractivity (Wildman–Crippen MR) is 63.4 cm³/mol. The smallest absolute Gasteiger partial charge is 0.306 e. The molecule has 1 heterocycles. The van der Waals surface area contributed by atoms with Gasteiger partial charge in [-0.05, 0) is 6.42 Å². The summed E-state index contributed by atoms with van der Waals surface area (Å²) in [4.78, 5) is 18.0. The Kier molecular flexibility index (Phi) is 9.39. The lowest BCUT2D eigenvalue weighted by molar-refractivity contribution is -0.141. The van der Waals surface area contributed by atoms with Crippen molar-refractivity contribution in [2.45, 2.75) is 19.8 Å². The maximum Gasteiger partial charge on any atom is 0.306 e. The molecule has 90 valence electrons. The summed E-state index contributed by atoms with van der Waals surface area (Å²) in [5, 5.41) is 0. The molecule has 0 fully saturated rings. The number of thiol groups is 1. The molecule has 0 saturated heterocycles. The first kappa shape index (κ1) is 14.7. The summed E-state index contributed by atoms with van der Waals surface area (Å²) in [5.74, 6) is 0.578. The van der Waals surface area contributed by atoms with Crippen molar-refractivity contribution in [2.24, 2.45) is 0 Å². The third kappa shape index (κ3) is 8.05. The van der Waals surface area contributed by atoms with Gasteiger partial charge in [0.05, 0.1) is 13.3 Å². The molecule has 0 radical (unpaired) electrons. The van der Waals surface area contributed by atoms with Crippen molar-refractivity contribution in [3.8, 4) is 5.88 Å². The van der Waals surface area contributed by atoms with E-state index in [1.54, 1.807) is 25.7 Å². The second-order valence-corrected chi connectivity index (χ2v) is 2.90. The fraction of sp³-hybridized carbons (Fsp3) is 0.500. The monoisotopic (exact) mass is 244 g/mol. The molecule has 0 amide bonds. The van der Waals surface area contributed by atoms with Crippen LogP contribution in [0.3, 0.4) is 0 Å². The molecule has 0 N–H and O–H groups in total. The summed E-state index contributed by atoms with van der Waals surface area (Å²) in [6.45, 7) is 1.93. The van der Waals surface area contributed by atoms with Crippen molar-refractivity contribution >= 4 is 18.6 Å². The van der Waals surface area contributed by atoms with Gasteiger partial charge in [0, 0.05) is 18.8 Å². The number of methoxy groups -OCH3 is 1. The Balaban J connectivity index is 0.000000281. The molecule has 0 saturated carbocycles. The Morgan fingerprint density at radius 2 is 2.25 bits per heavy atom. The molecule has 0 bridgehead atoms. The summed E-state index contributed by atoms with van der Waals surface area (Å²) < 4.78 is 9.25. The highest BCUT2D eigenvalue weighted by Crippen LogP contribution is 1.96. The van der Waals surface area contributed by atoms with Gasteiger partial charge in [0.15, 0.2) is 0 Å². The molecule has 0 atom stereocenters. The van der Waals surface area contributed by atoms with Crippen molar-refractivity contribution in [1.82, 2.24) is 9.97 Å². The van der Waals surface area contributed by atoms with Crippen molar-refractivity contribution in [2.75, 3.05) is 13.0 Å². The Morgan fingerprint density at radius 3 is 2.62 bits per heavy atom. The van der Waals surface area contributed by atoms with E-state index < -0.39 is 0 Å². The minimum Gasteiger partial charge on any atom is -0.480 e. The van der Waals surface area contributed by atoms with Gasteiger partial charge in [-0.3, -0.25) is 9.78 Å². The molecule has 5 nitrogen and oxygen atoms in total. The number of hydrogen-bond acceptors (Lipinski definition) is 6. The Morgan fingerprint density at radius 1 is 1.50 bits per heavy atom. The van der Waals surface area contributed by atoms with E-state index in [0.717, 1.165) is 6.42 Å². The minimum absolute atomic E-state index is 0.164. The predicted octanol–water partition coefficient (Wildman–Crippen LogP) is 1.70. The largest absolute Gasteiger partial charge is 0.480 e. The molecule has 6 heteroatoms. The van der Waals surface area contributed by atoms with E-state index in [1.165, 1.54) is 0 Å². The van der Waals surface area contributed by atoms with E-state index in [2.05, 4.69) is 27.3 Å². The van der Waals surface area contributed by atoms with Crippen LogP contribution in [0.1, 0.15) is 19.8 Å². The van der Waals surface area contributed by atoms with E-state index in [-0.39, 0.29) is 11.9 Å². The first-order valence-corrected chi connectivity index (χ1v) is 5.44. The van der Waals surface area contributed by atoms with Gasteiger partial charge in [-0.2, -0.15) is 0 Å². The van der Waals surface area contributed by atoms with Crippen LogP contribution in [0.25, 0.3) is 0 Å². The van der Waals surface area contributed by atoms with Crippen LogP contribution in [0, 0.1) is 0 Å². The van der Waals surface area contributed by atoms with Crippen LogP contribution in [0.4, 0.5) is 0 Å². The van der Waals surface area contributed by atoms with Gasteiger partial charge >= 0.3 is 5.97 Å². The summed E-state index contributed by atoms with van der Waals surface area (Å²) in [6.07, 6.45) is 6.08. The number of aromatic nitrogens is 2. The molecule has 1 aromatic rings. The lowest BCUT2D eigenvalue weighted by atomic mass is 10.3. The third-order valence-electron chi connectivity index (χ3n) is 1.43. The molecule has 0 aliphatic heterocycles. The number of hydrogen-bond donors (Lipinski definition) is 1. The maximum absolute atomic E-state index is 10.4. The second kappa shape index (κ2) is 10.2. The number of carbonyl (C=O) groups is 1. The van der Waals surface area contributed by atoms with Crippen LogP contribution < -0.4 is 4.74 Å². The van der Waals surface area contributed by atoms with Gasteiger partial charge in [-0.15, -0.1) is 12.6 Å². The zero-order valence-electron chi connectivity index (χ0n) is 9.42. The van der Waals surface area contributed by atoms with Crippen molar-refractivity contribution in [3.05, 3.63) is 18.6 Å². The van der Waals surface area contributed by atoms with Gasteiger partial charge < -0.3 is 9.47 Å². The van der Waals surface area contributed by atoms with Crippen molar-refractivity contribution in [1.29, 1.82) is 0 Å². The molecule has 0 aliphatic carbocycles. The number of carbonyl (C=O) groups excluding carboxylic acids is 1. The second-order valence-electron chi connectivity index (χ2n) is 2.64. The number of ether oxygens (including phenoxy) is 2. The molecular formula is C10H16N2O3S. The lowest BCUT2D eigenvalue weighted by Gasteiger charge is -1.95. The zero-order chi connectivity index (χ0) is 12.2. The van der Waals surface area contributed by atoms with Crippen molar-refractivity contribution < 1.29 is 14.3 Å². The number of nitrogens with zero attached hydrogens (tertiary/aromatic N) is 2. The number of esters is 1. The first-order valence-electron chi connectivity index (χ1n) is 4.81. The molecule has 0 aliphatic rings. The Bertz CT molecular complexity index is 275. The highest BCUT2D eigenvalue weighted by molar-refractivity contribution is 7.80. The van der Waals surface area contributed by atoms with E-state index in [9.17, 15) is 4.79 Å². The van der Waals surface area contributed by atoms with Crippen LogP contribution in [0.15, 0.2) is 18.6 Å². The quantitative estimate of drug-likeness (QED) is 0.496. The Hall–Kier alpha value is -1.30. The van der Waals surface area contributed by atoms with E-state index in [1.807, 2.05) is 6.92 Å². The van der Waals surface area contributed by atoms with E-state index in [4.69, 9.17) is 4.74 Å². The summed E-state index contributed by atoms with van der Waals surface area (Å²) in [5.41, 5.74) is 0. The minimum atomic E-state index is -0.164. The van der Waals surface area contributed by atoms with Crippen LogP contribution in [-0.4, -0.2) is 29.0 Å². The van der Waals surface area contributed by atoms with Crippen LogP contribution in [0.5, 0.6) is 5.88 Å². The third-order valence-corrected chi connectivity index (χ3v) is 1.56. The summed E-state index contributed by atoms with van der Waals surface area (Å²) in [6, 6.07) is 0. The molecule has 16 heavy (non-hydrogen) atoms. The summed E-state index contributed by atoms with van der Waals surface area (Å²) >= 11 is 3.71. The van der Waals surface area contributed by atoms with Crippen molar-refractivity contribution in [3.63, 3.8) is 0 Å². The fourth-order valence-electron chi connectivity index (χ4n) is 0.739. The number of rotatable bonds is 4. The van der Waals surface area contributed by atoms with Crippen LogP contribution in [-0.2, 0) is 9.53 Å². The van der Waals surface area contributed by atoms with Gasteiger partial charge in [0.1, 0.15) is 5.94 Å². The topological polar surface area (TPSA) is 61.3 Å².